The molecule has 0 radical (unpaired) electrons. The van der Waals surface area contributed by atoms with Gasteiger partial charge in [0, 0.05) is 12.6 Å². The Morgan fingerprint density at radius 3 is 2.67 bits per heavy atom. The zero-order valence-electron chi connectivity index (χ0n) is 12.4. The van der Waals surface area contributed by atoms with Crippen LogP contribution in [0, 0.1) is 12.8 Å². The normalized spacial score (nSPS) is 10.7. The Bertz CT molecular complexity index is 592. The van der Waals surface area contributed by atoms with Crippen molar-refractivity contribution in [3.8, 4) is 0 Å². The summed E-state index contributed by atoms with van der Waals surface area (Å²) in [4.78, 5) is 20.2. The summed E-state index contributed by atoms with van der Waals surface area (Å²) in [5.74, 6) is 1.90. The Kier molecular flexibility index (Phi) is 4.86. The second kappa shape index (κ2) is 6.83. The average Bonchev–Trinajstić information content (AvgIpc) is 2.84. The minimum Gasteiger partial charge on any atom is -0.369 e. The monoisotopic (exact) mass is 289 g/mol. The van der Waals surface area contributed by atoms with Crippen LogP contribution in [0.4, 0.5) is 11.6 Å². The van der Waals surface area contributed by atoms with Gasteiger partial charge in [-0.15, -0.1) is 0 Å². The smallest absolute Gasteiger partial charge is 0.277 e. The second-order valence-electron chi connectivity index (χ2n) is 5.17. The van der Waals surface area contributed by atoms with Crippen LogP contribution in [0.2, 0.25) is 0 Å². The number of hydrogen-bond donors (Lipinski definition) is 2. The number of carbonyl (C=O) groups is 1. The fourth-order valence-electron chi connectivity index (χ4n) is 1.63. The molecule has 2 aromatic heterocycles. The average molecular weight is 289 g/mol. The summed E-state index contributed by atoms with van der Waals surface area (Å²) in [6.45, 7) is 6.90. The third-order valence-corrected chi connectivity index (χ3v) is 2.78. The molecule has 0 aliphatic carbocycles. The van der Waals surface area contributed by atoms with Gasteiger partial charge in [0.15, 0.2) is 5.82 Å². The first-order valence-electron chi connectivity index (χ1n) is 6.85. The number of carbonyl (C=O) groups excluding carboxylic acids is 1. The van der Waals surface area contributed by atoms with Gasteiger partial charge in [0.05, 0.1) is 12.4 Å². The molecule has 2 rings (SSSR count). The summed E-state index contributed by atoms with van der Waals surface area (Å²) in [7, 11) is 0. The van der Waals surface area contributed by atoms with Crippen LogP contribution in [0.5, 0.6) is 0 Å². The van der Waals surface area contributed by atoms with Crippen LogP contribution in [0.25, 0.3) is 0 Å². The van der Waals surface area contributed by atoms with Gasteiger partial charge < -0.3 is 15.2 Å². The third-order valence-electron chi connectivity index (χ3n) is 2.78. The Morgan fingerprint density at radius 2 is 2.10 bits per heavy atom. The molecule has 7 nitrogen and oxygen atoms in total. The first kappa shape index (κ1) is 15.0. The second-order valence-corrected chi connectivity index (χ2v) is 5.17. The van der Waals surface area contributed by atoms with Gasteiger partial charge in [0.2, 0.25) is 0 Å². The first-order valence-corrected chi connectivity index (χ1v) is 6.85. The highest BCUT2D eigenvalue weighted by atomic mass is 16.5. The van der Waals surface area contributed by atoms with Gasteiger partial charge in [0.1, 0.15) is 17.3 Å². The first-order chi connectivity index (χ1) is 10.0. The van der Waals surface area contributed by atoms with Crippen molar-refractivity contribution in [3.63, 3.8) is 0 Å². The number of hydrogen-bond acceptors (Lipinski definition) is 6. The van der Waals surface area contributed by atoms with Crippen LogP contribution in [0.3, 0.4) is 0 Å². The third kappa shape index (κ3) is 4.55. The number of aromatic nitrogens is 3. The minimum atomic E-state index is -0.371. The van der Waals surface area contributed by atoms with E-state index < -0.39 is 0 Å². The summed E-state index contributed by atoms with van der Waals surface area (Å²) in [5.41, 5.74) is 0.227. The van der Waals surface area contributed by atoms with E-state index >= 15 is 0 Å². The van der Waals surface area contributed by atoms with Gasteiger partial charge in [-0.3, -0.25) is 4.79 Å². The van der Waals surface area contributed by atoms with Crippen molar-refractivity contribution in [1.29, 1.82) is 0 Å². The molecular weight excluding hydrogens is 270 g/mol. The molecule has 2 N–H and O–H groups in total. The number of aryl methyl sites for hydroxylation is 1. The Hall–Kier alpha value is -2.44. The molecule has 0 aliphatic heterocycles. The summed E-state index contributed by atoms with van der Waals surface area (Å²) in [5, 5.41) is 9.44. The molecule has 0 aliphatic rings. The molecule has 0 saturated heterocycles. The summed E-state index contributed by atoms with van der Waals surface area (Å²) >= 11 is 0. The van der Waals surface area contributed by atoms with Gasteiger partial charge in [0.25, 0.3) is 5.91 Å². The summed E-state index contributed by atoms with van der Waals surface area (Å²) in [6.07, 6.45) is 4.03. The highest BCUT2D eigenvalue weighted by Gasteiger charge is 2.10. The molecule has 21 heavy (non-hydrogen) atoms. The molecule has 0 spiro atoms. The Balaban J connectivity index is 1.90. The lowest BCUT2D eigenvalue weighted by atomic mass is 10.1. The summed E-state index contributed by atoms with van der Waals surface area (Å²) in [6, 6.07) is 1.63. The summed E-state index contributed by atoms with van der Waals surface area (Å²) < 4.78 is 4.87. The number of anilines is 2. The van der Waals surface area contributed by atoms with E-state index in [2.05, 4.69) is 39.6 Å². The van der Waals surface area contributed by atoms with Gasteiger partial charge in [-0.25, -0.2) is 9.97 Å². The van der Waals surface area contributed by atoms with Crippen LogP contribution in [0.1, 0.15) is 36.5 Å². The Labute approximate surface area is 123 Å². The van der Waals surface area contributed by atoms with Crippen LogP contribution in [-0.4, -0.2) is 27.6 Å². The van der Waals surface area contributed by atoms with Gasteiger partial charge in [-0.1, -0.05) is 19.0 Å². The van der Waals surface area contributed by atoms with Crippen LogP contribution < -0.4 is 10.6 Å². The maximum Gasteiger partial charge on any atom is 0.277 e. The number of rotatable bonds is 6. The maximum absolute atomic E-state index is 11.9. The SMILES string of the molecule is Cc1cc(NC(=O)c2cnc(NCCC(C)C)cn2)no1. The van der Waals surface area contributed by atoms with E-state index in [1.165, 1.54) is 6.20 Å². The van der Waals surface area contributed by atoms with E-state index in [1.54, 1.807) is 19.2 Å². The van der Waals surface area contributed by atoms with E-state index in [1.807, 2.05) is 0 Å². The molecule has 0 aromatic carbocycles. The fourth-order valence-corrected chi connectivity index (χ4v) is 1.63. The molecule has 2 aromatic rings. The fraction of sp³-hybridized carbons (Fsp3) is 0.429. The van der Waals surface area contributed by atoms with Crippen LogP contribution in [0.15, 0.2) is 23.0 Å². The van der Waals surface area contributed by atoms with E-state index in [0.29, 0.717) is 23.3 Å². The molecule has 2 heterocycles. The zero-order valence-corrected chi connectivity index (χ0v) is 12.4. The van der Waals surface area contributed by atoms with Gasteiger partial charge in [-0.2, -0.15) is 0 Å². The molecule has 0 unspecified atom stereocenters. The van der Waals surface area contributed by atoms with Crippen molar-refractivity contribution in [2.45, 2.75) is 27.2 Å². The highest BCUT2D eigenvalue weighted by molar-refractivity contribution is 6.02. The van der Waals surface area contributed by atoms with Crippen molar-refractivity contribution in [2.75, 3.05) is 17.2 Å². The molecule has 7 heteroatoms. The molecule has 0 saturated carbocycles. The Morgan fingerprint density at radius 1 is 1.29 bits per heavy atom. The predicted molar refractivity (Wildman–Crippen MR) is 79.2 cm³/mol. The molecule has 0 atom stereocenters. The predicted octanol–water partition coefficient (Wildman–Crippen LogP) is 2.48. The molecule has 0 fully saturated rings. The molecule has 0 bridgehead atoms. The van der Waals surface area contributed by atoms with Gasteiger partial charge >= 0.3 is 0 Å². The van der Waals surface area contributed by atoms with Crippen LogP contribution in [-0.2, 0) is 0 Å². The van der Waals surface area contributed by atoms with Crippen molar-refractivity contribution < 1.29 is 9.32 Å². The van der Waals surface area contributed by atoms with E-state index in [-0.39, 0.29) is 11.6 Å². The molecule has 1 amide bonds. The van der Waals surface area contributed by atoms with Crippen molar-refractivity contribution in [3.05, 3.63) is 29.9 Å². The largest absolute Gasteiger partial charge is 0.369 e. The van der Waals surface area contributed by atoms with E-state index in [9.17, 15) is 4.79 Å². The lowest BCUT2D eigenvalue weighted by Gasteiger charge is -2.07. The quantitative estimate of drug-likeness (QED) is 0.848. The highest BCUT2D eigenvalue weighted by Crippen LogP contribution is 2.09. The molecule has 112 valence electrons. The van der Waals surface area contributed by atoms with Crippen molar-refractivity contribution in [1.82, 2.24) is 15.1 Å². The van der Waals surface area contributed by atoms with Crippen molar-refractivity contribution >= 4 is 17.5 Å². The lowest BCUT2D eigenvalue weighted by Crippen LogP contribution is -2.15. The van der Waals surface area contributed by atoms with E-state index in [4.69, 9.17) is 4.52 Å². The van der Waals surface area contributed by atoms with Crippen molar-refractivity contribution in [2.24, 2.45) is 5.92 Å². The van der Waals surface area contributed by atoms with Gasteiger partial charge in [-0.05, 0) is 19.3 Å². The number of nitrogens with zero attached hydrogens (tertiary/aromatic N) is 3. The van der Waals surface area contributed by atoms with E-state index in [0.717, 1.165) is 13.0 Å². The standard InChI is InChI=1S/C14H19N5O2/c1-9(2)4-5-15-13-8-16-11(7-17-13)14(20)18-12-6-10(3)21-19-12/h6-9H,4-5H2,1-3H3,(H,15,17)(H,18,19,20). The zero-order chi connectivity index (χ0) is 15.2. The number of amides is 1. The minimum absolute atomic E-state index is 0.227. The maximum atomic E-state index is 11.9. The van der Waals surface area contributed by atoms with Crippen LogP contribution >= 0.6 is 0 Å². The lowest BCUT2D eigenvalue weighted by molar-refractivity contribution is 0.102. The topological polar surface area (TPSA) is 92.9 Å². The number of nitrogens with one attached hydrogen (secondary N) is 2. The molecular formula is C14H19N5O2.